The van der Waals surface area contributed by atoms with Gasteiger partial charge in [-0.3, -0.25) is 4.79 Å². The van der Waals surface area contributed by atoms with Gasteiger partial charge in [0.2, 0.25) is 0 Å². The molecule has 1 saturated carbocycles. The number of methoxy groups -OCH3 is 1. The molecule has 1 aliphatic rings. The summed E-state index contributed by atoms with van der Waals surface area (Å²) in [6.07, 6.45) is 2.49. The quantitative estimate of drug-likeness (QED) is 0.504. The number of hydrogen-bond donors (Lipinski definition) is 0. The van der Waals surface area contributed by atoms with Crippen LogP contribution in [0, 0.1) is 28.9 Å². The Bertz CT molecular complexity index is 783. The third-order valence-corrected chi connectivity index (χ3v) is 5.73. The third-order valence-electron chi connectivity index (χ3n) is 5.73. The van der Waals surface area contributed by atoms with E-state index in [2.05, 4.69) is 4.74 Å². The maximum absolute atomic E-state index is 14.1. The first-order valence-corrected chi connectivity index (χ1v) is 9.51. The summed E-state index contributed by atoms with van der Waals surface area (Å²) in [7, 11) is 1.30. The lowest BCUT2D eigenvalue weighted by atomic mass is 9.97. The number of halogens is 2. The molecule has 0 amide bonds. The van der Waals surface area contributed by atoms with Crippen molar-refractivity contribution in [1.29, 1.82) is 0 Å². The first-order chi connectivity index (χ1) is 13.1. The number of allylic oxidation sites excluding steroid dienone is 1. The molecule has 1 aromatic rings. The Balaban J connectivity index is 2.18. The number of rotatable bonds is 7. The van der Waals surface area contributed by atoms with Gasteiger partial charge in [-0.1, -0.05) is 33.8 Å². The fraction of sp³-hybridized carbons (Fsp3) is 0.545. The summed E-state index contributed by atoms with van der Waals surface area (Å²) in [4.78, 5) is 24.2. The van der Waals surface area contributed by atoms with E-state index in [1.54, 1.807) is 26.8 Å². The van der Waals surface area contributed by atoms with E-state index in [0.29, 0.717) is 35.1 Å². The SMILES string of the molecule is CCc1c(F)cc(F)c(CC)c1COC(=O)[C@@H]1[C@@H](/C=C(\C)C(=O)OC)C1(C)C. The highest BCUT2D eigenvalue weighted by atomic mass is 19.1. The molecule has 1 aromatic carbocycles. The number of carbonyl (C=O) groups excluding carboxylic acids is 2. The fourth-order valence-corrected chi connectivity index (χ4v) is 3.87. The third kappa shape index (κ3) is 4.10. The van der Waals surface area contributed by atoms with Crippen LogP contribution >= 0.6 is 0 Å². The Labute approximate surface area is 164 Å². The Morgan fingerprint density at radius 1 is 1.11 bits per heavy atom. The lowest BCUT2D eigenvalue weighted by molar-refractivity contribution is -0.147. The van der Waals surface area contributed by atoms with Crippen LogP contribution in [0.2, 0.25) is 0 Å². The predicted molar refractivity (Wildman–Crippen MR) is 101 cm³/mol. The normalized spacial score (nSPS) is 20.6. The zero-order valence-electron chi connectivity index (χ0n) is 17.3. The fourth-order valence-electron chi connectivity index (χ4n) is 3.87. The molecule has 6 heteroatoms. The first kappa shape index (κ1) is 22.1. The highest BCUT2D eigenvalue weighted by molar-refractivity contribution is 5.88. The van der Waals surface area contributed by atoms with Crippen LogP contribution in [0.25, 0.3) is 0 Å². The first-order valence-electron chi connectivity index (χ1n) is 9.51. The lowest BCUT2D eigenvalue weighted by Gasteiger charge is -2.15. The topological polar surface area (TPSA) is 52.6 Å². The molecule has 154 valence electrons. The van der Waals surface area contributed by atoms with Crippen molar-refractivity contribution in [3.63, 3.8) is 0 Å². The molecule has 0 saturated heterocycles. The lowest BCUT2D eigenvalue weighted by Crippen LogP contribution is -2.14. The number of carbonyl (C=O) groups is 2. The van der Waals surface area contributed by atoms with Crippen molar-refractivity contribution in [2.24, 2.45) is 17.3 Å². The smallest absolute Gasteiger partial charge is 0.333 e. The van der Waals surface area contributed by atoms with Crippen molar-refractivity contribution in [3.8, 4) is 0 Å². The Kier molecular flexibility index (Phi) is 6.63. The maximum atomic E-state index is 14.1. The van der Waals surface area contributed by atoms with E-state index >= 15 is 0 Å². The Morgan fingerprint density at radius 2 is 1.64 bits per heavy atom. The molecule has 1 fully saturated rings. The van der Waals surface area contributed by atoms with Gasteiger partial charge in [-0.25, -0.2) is 13.6 Å². The van der Waals surface area contributed by atoms with E-state index < -0.39 is 29.5 Å². The van der Waals surface area contributed by atoms with Gasteiger partial charge in [-0.05, 0) is 42.2 Å². The van der Waals surface area contributed by atoms with E-state index in [1.807, 2.05) is 13.8 Å². The predicted octanol–water partition coefficient (Wildman–Crippen LogP) is 4.52. The minimum atomic E-state index is -0.621. The summed E-state index contributed by atoms with van der Waals surface area (Å²) in [5.41, 5.74) is 1.23. The van der Waals surface area contributed by atoms with Crippen LogP contribution in [-0.4, -0.2) is 19.0 Å². The molecular formula is C22H28F2O4. The van der Waals surface area contributed by atoms with Crippen LogP contribution in [0.1, 0.15) is 51.3 Å². The van der Waals surface area contributed by atoms with E-state index in [4.69, 9.17) is 4.74 Å². The van der Waals surface area contributed by atoms with Crippen molar-refractivity contribution >= 4 is 11.9 Å². The molecule has 4 nitrogen and oxygen atoms in total. The number of benzene rings is 1. The van der Waals surface area contributed by atoms with Crippen LogP contribution in [0.15, 0.2) is 17.7 Å². The van der Waals surface area contributed by atoms with Crippen molar-refractivity contribution in [2.75, 3.05) is 7.11 Å². The molecule has 0 aromatic heterocycles. The molecule has 0 spiro atoms. The van der Waals surface area contributed by atoms with Gasteiger partial charge in [0, 0.05) is 17.2 Å². The maximum Gasteiger partial charge on any atom is 0.333 e. The number of hydrogen-bond acceptors (Lipinski definition) is 4. The molecule has 0 bridgehead atoms. The largest absolute Gasteiger partial charge is 0.466 e. The highest BCUT2D eigenvalue weighted by Crippen LogP contribution is 2.60. The Morgan fingerprint density at radius 3 is 2.11 bits per heavy atom. The van der Waals surface area contributed by atoms with Gasteiger partial charge in [0.25, 0.3) is 0 Å². The average Bonchev–Trinajstić information content (AvgIpc) is 3.18. The van der Waals surface area contributed by atoms with Gasteiger partial charge in [0.15, 0.2) is 0 Å². The summed E-state index contributed by atoms with van der Waals surface area (Å²) < 4.78 is 38.4. The minimum absolute atomic E-state index is 0.153. The summed E-state index contributed by atoms with van der Waals surface area (Å²) in [6, 6.07) is 0.892. The second-order valence-electron chi connectivity index (χ2n) is 7.76. The monoisotopic (exact) mass is 394 g/mol. The highest BCUT2D eigenvalue weighted by Gasteiger charge is 2.61. The van der Waals surface area contributed by atoms with Gasteiger partial charge in [-0.15, -0.1) is 0 Å². The van der Waals surface area contributed by atoms with Crippen molar-refractivity contribution in [3.05, 3.63) is 46.0 Å². The molecule has 0 unspecified atom stereocenters. The van der Waals surface area contributed by atoms with E-state index in [9.17, 15) is 18.4 Å². The van der Waals surface area contributed by atoms with Crippen molar-refractivity contribution in [2.45, 2.75) is 54.1 Å². The Hall–Kier alpha value is -2.24. The van der Waals surface area contributed by atoms with Gasteiger partial charge in [0.1, 0.15) is 18.2 Å². The number of esters is 2. The molecule has 28 heavy (non-hydrogen) atoms. The standard InChI is InChI=1S/C22H28F2O4/c1-7-13-15(14(8-2)18(24)10-17(13)23)11-28-21(26)19-16(22(19,4)5)9-12(3)20(25)27-6/h9-10,16,19H,7-8,11H2,1-6H3/b12-9+/t16-,19+/m1/s1. The summed E-state index contributed by atoms with van der Waals surface area (Å²) in [6.45, 7) is 8.87. The minimum Gasteiger partial charge on any atom is -0.466 e. The van der Waals surface area contributed by atoms with Gasteiger partial charge in [0.05, 0.1) is 13.0 Å². The van der Waals surface area contributed by atoms with Crippen molar-refractivity contribution < 1.29 is 27.8 Å². The molecule has 2 atom stereocenters. The zero-order chi connectivity index (χ0) is 21.2. The van der Waals surface area contributed by atoms with E-state index in [1.165, 1.54) is 7.11 Å². The zero-order valence-corrected chi connectivity index (χ0v) is 17.3. The number of ether oxygens (including phenoxy) is 2. The molecule has 2 rings (SSSR count). The van der Waals surface area contributed by atoms with Gasteiger partial charge in [-0.2, -0.15) is 0 Å². The molecule has 1 aliphatic carbocycles. The summed E-state index contributed by atoms with van der Waals surface area (Å²) in [5.74, 6) is -2.68. The summed E-state index contributed by atoms with van der Waals surface area (Å²) >= 11 is 0. The molecule has 0 N–H and O–H groups in total. The second-order valence-corrected chi connectivity index (χ2v) is 7.76. The molecule has 0 aliphatic heterocycles. The van der Waals surface area contributed by atoms with Crippen LogP contribution in [0.3, 0.4) is 0 Å². The molecule has 0 heterocycles. The molecule has 0 radical (unpaired) electrons. The average molecular weight is 394 g/mol. The summed E-state index contributed by atoms with van der Waals surface area (Å²) in [5, 5.41) is 0. The van der Waals surface area contributed by atoms with Crippen LogP contribution < -0.4 is 0 Å². The molecular weight excluding hydrogens is 366 g/mol. The van der Waals surface area contributed by atoms with Crippen LogP contribution in [0.4, 0.5) is 8.78 Å². The van der Waals surface area contributed by atoms with Crippen LogP contribution in [0.5, 0.6) is 0 Å². The van der Waals surface area contributed by atoms with E-state index in [-0.39, 0.29) is 17.9 Å². The second kappa shape index (κ2) is 8.41. The van der Waals surface area contributed by atoms with E-state index in [0.717, 1.165) is 6.07 Å². The van der Waals surface area contributed by atoms with Gasteiger partial charge >= 0.3 is 11.9 Å². The van der Waals surface area contributed by atoms with Crippen molar-refractivity contribution in [1.82, 2.24) is 0 Å². The van der Waals surface area contributed by atoms with Gasteiger partial charge < -0.3 is 9.47 Å². The van der Waals surface area contributed by atoms with Crippen LogP contribution in [-0.2, 0) is 38.5 Å².